The normalized spacial score (nSPS) is 15.2. The number of H-pyrrole nitrogens is 1. The predicted octanol–water partition coefficient (Wildman–Crippen LogP) is 0.762. The van der Waals surface area contributed by atoms with Gasteiger partial charge < -0.3 is 14.8 Å². The van der Waals surface area contributed by atoms with Crippen molar-refractivity contribution in [3.8, 4) is 0 Å². The lowest BCUT2D eigenvalue weighted by molar-refractivity contribution is 0.150. The first-order valence-electron chi connectivity index (χ1n) is 5.10. The van der Waals surface area contributed by atoms with Crippen LogP contribution in [0.1, 0.15) is 18.5 Å². The minimum absolute atomic E-state index is 0.176. The van der Waals surface area contributed by atoms with Crippen LogP contribution in [0.5, 0.6) is 0 Å². The van der Waals surface area contributed by atoms with E-state index in [9.17, 15) is 9.90 Å². The summed E-state index contributed by atoms with van der Waals surface area (Å²) in [5.41, 5.74) is 2.05. The number of hydrogen-bond donors (Lipinski definition) is 3. The third-order valence-electron chi connectivity index (χ3n) is 2.60. The molecule has 1 aromatic heterocycles. The fourth-order valence-corrected chi connectivity index (χ4v) is 1.84. The average molecular weight is 222 g/mol. The van der Waals surface area contributed by atoms with E-state index in [-0.39, 0.29) is 6.04 Å². The van der Waals surface area contributed by atoms with Gasteiger partial charge in [-0.1, -0.05) is 6.07 Å². The molecule has 86 valence electrons. The maximum absolute atomic E-state index is 11.0. The Balaban J connectivity index is 2.48. The van der Waals surface area contributed by atoms with Gasteiger partial charge in [0.05, 0.1) is 17.7 Å². The Kier molecular flexibility index (Phi) is 2.80. The van der Waals surface area contributed by atoms with E-state index >= 15 is 0 Å². The van der Waals surface area contributed by atoms with Crippen LogP contribution in [-0.4, -0.2) is 23.2 Å². The van der Waals surface area contributed by atoms with E-state index < -0.39 is 11.9 Å². The van der Waals surface area contributed by atoms with Crippen LogP contribution in [0.3, 0.4) is 0 Å². The lowest BCUT2D eigenvalue weighted by atomic mass is 10.0. The molecule has 0 aliphatic heterocycles. The summed E-state index contributed by atoms with van der Waals surface area (Å²) in [6.45, 7) is 1.71. The van der Waals surface area contributed by atoms with Crippen LogP contribution in [0, 0.1) is 0 Å². The van der Waals surface area contributed by atoms with Gasteiger partial charge in [-0.05, 0) is 31.7 Å². The van der Waals surface area contributed by atoms with Crippen LogP contribution in [0.4, 0.5) is 0 Å². The van der Waals surface area contributed by atoms with Crippen LogP contribution >= 0.6 is 0 Å². The number of fused-ring (bicyclic) bond motifs is 1. The number of aliphatic hydroxyl groups is 1. The minimum Gasteiger partial charge on any atom is -0.408 e. The van der Waals surface area contributed by atoms with Gasteiger partial charge in [0.25, 0.3) is 0 Å². The summed E-state index contributed by atoms with van der Waals surface area (Å²) in [7, 11) is 1.77. The molecule has 1 aromatic carbocycles. The van der Waals surface area contributed by atoms with Gasteiger partial charge in [0.1, 0.15) is 0 Å². The SMILES string of the molecule is CNC(c1ccc2[nH]c(=O)oc2c1)C(C)O. The zero-order chi connectivity index (χ0) is 11.7. The predicted molar refractivity (Wildman–Crippen MR) is 60.3 cm³/mol. The second-order valence-corrected chi connectivity index (χ2v) is 3.78. The van der Waals surface area contributed by atoms with E-state index in [4.69, 9.17) is 4.42 Å². The summed E-state index contributed by atoms with van der Waals surface area (Å²) in [6, 6.07) is 5.19. The number of aromatic amines is 1. The summed E-state index contributed by atoms with van der Waals surface area (Å²) < 4.78 is 4.96. The van der Waals surface area contributed by atoms with Crippen LogP contribution in [0.15, 0.2) is 27.4 Å². The van der Waals surface area contributed by atoms with E-state index in [1.165, 1.54) is 0 Å². The molecule has 0 spiro atoms. The molecule has 2 unspecified atom stereocenters. The van der Waals surface area contributed by atoms with Gasteiger partial charge >= 0.3 is 5.76 Å². The van der Waals surface area contributed by atoms with E-state index in [0.29, 0.717) is 11.1 Å². The first-order chi connectivity index (χ1) is 7.61. The molecule has 0 fully saturated rings. The molecule has 5 heteroatoms. The van der Waals surface area contributed by atoms with E-state index in [1.807, 2.05) is 6.07 Å². The second-order valence-electron chi connectivity index (χ2n) is 3.78. The molecule has 2 atom stereocenters. The van der Waals surface area contributed by atoms with Crippen molar-refractivity contribution in [3.05, 3.63) is 34.3 Å². The highest BCUT2D eigenvalue weighted by molar-refractivity contribution is 5.72. The fraction of sp³-hybridized carbons (Fsp3) is 0.364. The summed E-state index contributed by atoms with van der Waals surface area (Å²) in [4.78, 5) is 13.6. The maximum Gasteiger partial charge on any atom is 0.417 e. The standard InChI is InChI=1S/C11H14N2O3/c1-6(14)10(12-2)7-3-4-8-9(5-7)16-11(15)13-8/h3-6,10,12,14H,1-2H3,(H,13,15). The van der Waals surface area contributed by atoms with Gasteiger partial charge in [-0.25, -0.2) is 4.79 Å². The molecule has 2 rings (SSSR count). The zero-order valence-corrected chi connectivity index (χ0v) is 9.15. The molecule has 1 heterocycles. The number of nitrogens with one attached hydrogen (secondary N) is 2. The molecule has 0 radical (unpaired) electrons. The Morgan fingerprint density at radius 2 is 2.25 bits per heavy atom. The highest BCUT2D eigenvalue weighted by atomic mass is 16.4. The van der Waals surface area contributed by atoms with Crippen molar-refractivity contribution in [2.24, 2.45) is 0 Å². The Bertz CT molecular complexity index is 541. The van der Waals surface area contributed by atoms with E-state index in [1.54, 1.807) is 26.1 Å². The highest BCUT2D eigenvalue weighted by Crippen LogP contribution is 2.20. The number of hydrogen-bond acceptors (Lipinski definition) is 4. The van der Waals surface area contributed by atoms with Gasteiger partial charge in [0.2, 0.25) is 0 Å². The van der Waals surface area contributed by atoms with Crippen LogP contribution in [-0.2, 0) is 0 Å². The largest absolute Gasteiger partial charge is 0.417 e. The van der Waals surface area contributed by atoms with E-state index in [2.05, 4.69) is 10.3 Å². The fourth-order valence-electron chi connectivity index (χ4n) is 1.84. The Morgan fingerprint density at radius 3 is 2.88 bits per heavy atom. The molecular weight excluding hydrogens is 208 g/mol. The van der Waals surface area contributed by atoms with Crippen molar-refractivity contribution in [2.45, 2.75) is 19.1 Å². The van der Waals surface area contributed by atoms with Crippen molar-refractivity contribution >= 4 is 11.1 Å². The third kappa shape index (κ3) is 1.87. The molecule has 0 aliphatic rings. The minimum atomic E-state index is -0.520. The number of benzene rings is 1. The molecule has 0 aliphatic carbocycles. The van der Waals surface area contributed by atoms with E-state index in [0.717, 1.165) is 5.56 Å². The molecule has 0 saturated heterocycles. The number of likely N-dealkylation sites (N-methyl/N-ethyl adjacent to an activating group) is 1. The topological polar surface area (TPSA) is 78.3 Å². The maximum atomic E-state index is 11.0. The molecule has 5 nitrogen and oxygen atoms in total. The molecule has 0 bridgehead atoms. The first kappa shape index (κ1) is 10.9. The van der Waals surface area contributed by atoms with Gasteiger partial charge in [0, 0.05) is 0 Å². The molecule has 0 saturated carbocycles. The number of aromatic nitrogens is 1. The lowest BCUT2D eigenvalue weighted by Crippen LogP contribution is -2.26. The van der Waals surface area contributed by atoms with Crippen molar-refractivity contribution in [1.29, 1.82) is 0 Å². The van der Waals surface area contributed by atoms with Crippen molar-refractivity contribution in [3.63, 3.8) is 0 Å². The number of aliphatic hydroxyl groups excluding tert-OH is 1. The quantitative estimate of drug-likeness (QED) is 0.716. The Labute approximate surface area is 92.1 Å². The first-order valence-corrected chi connectivity index (χ1v) is 5.10. The molecule has 0 amide bonds. The van der Waals surface area contributed by atoms with Crippen molar-refractivity contribution in [2.75, 3.05) is 7.05 Å². The Morgan fingerprint density at radius 1 is 1.50 bits per heavy atom. The summed E-state index contributed by atoms with van der Waals surface area (Å²) in [5.74, 6) is -0.467. The molecule has 3 N–H and O–H groups in total. The lowest BCUT2D eigenvalue weighted by Gasteiger charge is -2.19. The smallest absolute Gasteiger partial charge is 0.408 e. The monoisotopic (exact) mass is 222 g/mol. The van der Waals surface area contributed by atoms with Crippen molar-refractivity contribution < 1.29 is 9.52 Å². The summed E-state index contributed by atoms with van der Waals surface area (Å²) >= 11 is 0. The number of rotatable bonds is 3. The van der Waals surface area contributed by atoms with Crippen LogP contribution < -0.4 is 11.1 Å². The molecule has 2 aromatic rings. The second kappa shape index (κ2) is 4.11. The third-order valence-corrected chi connectivity index (χ3v) is 2.60. The van der Waals surface area contributed by atoms with Gasteiger partial charge in [-0.15, -0.1) is 0 Å². The van der Waals surface area contributed by atoms with Crippen molar-refractivity contribution in [1.82, 2.24) is 10.3 Å². The highest BCUT2D eigenvalue weighted by Gasteiger charge is 2.16. The van der Waals surface area contributed by atoms with Gasteiger partial charge in [-0.2, -0.15) is 0 Å². The Hall–Kier alpha value is -1.59. The van der Waals surface area contributed by atoms with Crippen LogP contribution in [0.2, 0.25) is 0 Å². The molecular formula is C11H14N2O3. The van der Waals surface area contributed by atoms with Crippen LogP contribution in [0.25, 0.3) is 11.1 Å². The van der Waals surface area contributed by atoms with Gasteiger partial charge in [0.15, 0.2) is 5.58 Å². The molecule has 16 heavy (non-hydrogen) atoms. The number of oxazole rings is 1. The average Bonchev–Trinajstić information content (AvgIpc) is 2.57. The summed E-state index contributed by atoms with van der Waals surface area (Å²) in [5, 5.41) is 12.6. The summed E-state index contributed by atoms with van der Waals surface area (Å²) in [6.07, 6.45) is -0.520. The zero-order valence-electron chi connectivity index (χ0n) is 9.15. The van der Waals surface area contributed by atoms with Gasteiger partial charge in [-0.3, -0.25) is 4.98 Å².